The van der Waals surface area contributed by atoms with Gasteiger partial charge in [0.05, 0.1) is 6.21 Å². The number of rotatable bonds is 5. The second kappa shape index (κ2) is 8.92. The van der Waals surface area contributed by atoms with E-state index in [9.17, 15) is 9.18 Å². The van der Waals surface area contributed by atoms with Crippen molar-refractivity contribution >= 4 is 23.7 Å². The number of hydrazone groups is 1. The van der Waals surface area contributed by atoms with Crippen LogP contribution in [0.1, 0.15) is 24.0 Å². The van der Waals surface area contributed by atoms with Gasteiger partial charge in [-0.3, -0.25) is 9.69 Å². The third-order valence-corrected chi connectivity index (χ3v) is 4.79. The molecule has 0 radical (unpaired) electrons. The fraction of sp³-hybridized carbons (Fsp3) is 0.300. The second-order valence-corrected chi connectivity index (χ2v) is 6.90. The van der Waals surface area contributed by atoms with Crippen molar-refractivity contribution in [2.24, 2.45) is 11.0 Å². The molecule has 0 bridgehead atoms. The van der Waals surface area contributed by atoms with E-state index in [0.29, 0.717) is 0 Å². The molecule has 1 heterocycles. The average Bonchev–Trinajstić information content (AvgIpc) is 2.66. The van der Waals surface area contributed by atoms with Crippen LogP contribution in [0.2, 0.25) is 5.02 Å². The molecule has 1 amide bonds. The Bertz CT molecular complexity index is 754. The molecule has 3 rings (SSSR count). The largest absolute Gasteiger partial charge is 0.299 e. The Morgan fingerprint density at radius 3 is 2.46 bits per heavy atom. The summed E-state index contributed by atoms with van der Waals surface area (Å²) in [6, 6.07) is 13.8. The lowest BCUT2D eigenvalue weighted by Gasteiger charge is -2.30. The van der Waals surface area contributed by atoms with Gasteiger partial charge in [-0.1, -0.05) is 35.9 Å². The fourth-order valence-electron chi connectivity index (χ4n) is 3.01. The van der Waals surface area contributed by atoms with Gasteiger partial charge in [0.25, 0.3) is 0 Å². The first-order valence-corrected chi connectivity index (χ1v) is 9.03. The highest BCUT2D eigenvalue weighted by Crippen LogP contribution is 2.20. The van der Waals surface area contributed by atoms with Crippen LogP contribution in [0.5, 0.6) is 0 Å². The SMILES string of the molecule is O=C(NN=Cc1ccc(F)cc1)C1CCN(Cc2ccc(Cl)cc2)CC1. The first-order chi connectivity index (χ1) is 12.6. The summed E-state index contributed by atoms with van der Waals surface area (Å²) >= 11 is 5.91. The molecule has 0 unspecified atom stereocenters. The molecule has 0 aromatic heterocycles. The van der Waals surface area contributed by atoms with Crippen molar-refractivity contribution in [3.8, 4) is 0 Å². The molecule has 2 aromatic carbocycles. The minimum atomic E-state index is -0.295. The Balaban J connectivity index is 1.43. The molecular formula is C20H21ClFN3O. The Labute approximate surface area is 157 Å². The van der Waals surface area contributed by atoms with Crippen LogP contribution in [0.15, 0.2) is 53.6 Å². The lowest BCUT2D eigenvalue weighted by atomic mass is 9.96. The molecule has 26 heavy (non-hydrogen) atoms. The van der Waals surface area contributed by atoms with Crippen LogP contribution in [0.3, 0.4) is 0 Å². The molecule has 1 aliphatic heterocycles. The van der Waals surface area contributed by atoms with E-state index in [2.05, 4.69) is 15.4 Å². The lowest BCUT2D eigenvalue weighted by Crippen LogP contribution is -2.39. The van der Waals surface area contributed by atoms with Gasteiger partial charge < -0.3 is 0 Å². The molecule has 1 N–H and O–H groups in total. The van der Waals surface area contributed by atoms with E-state index < -0.39 is 0 Å². The van der Waals surface area contributed by atoms with E-state index >= 15 is 0 Å². The van der Waals surface area contributed by atoms with Crippen LogP contribution in [0, 0.1) is 11.7 Å². The number of benzene rings is 2. The Morgan fingerprint density at radius 2 is 1.81 bits per heavy atom. The summed E-state index contributed by atoms with van der Waals surface area (Å²) in [6.45, 7) is 2.62. The number of nitrogens with one attached hydrogen (secondary N) is 1. The third-order valence-electron chi connectivity index (χ3n) is 4.54. The first kappa shape index (κ1) is 18.5. The fourth-order valence-corrected chi connectivity index (χ4v) is 3.14. The summed E-state index contributed by atoms with van der Waals surface area (Å²) in [7, 11) is 0. The Morgan fingerprint density at radius 1 is 1.15 bits per heavy atom. The van der Waals surface area contributed by atoms with Gasteiger partial charge in [-0.15, -0.1) is 0 Å². The molecule has 2 aromatic rings. The normalized spacial score (nSPS) is 16.1. The van der Waals surface area contributed by atoms with E-state index in [4.69, 9.17) is 11.6 Å². The summed E-state index contributed by atoms with van der Waals surface area (Å²) < 4.78 is 12.8. The third kappa shape index (κ3) is 5.38. The highest BCUT2D eigenvalue weighted by molar-refractivity contribution is 6.30. The van der Waals surface area contributed by atoms with Crippen molar-refractivity contribution in [1.82, 2.24) is 10.3 Å². The summed E-state index contributed by atoms with van der Waals surface area (Å²) in [4.78, 5) is 14.6. The highest BCUT2D eigenvalue weighted by atomic mass is 35.5. The van der Waals surface area contributed by atoms with E-state index in [0.717, 1.165) is 43.1 Å². The number of hydrogen-bond acceptors (Lipinski definition) is 3. The molecule has 1 saturated heterocycles. The Kier molecular flexibility index (Phi) is 6.36. The second-order valence-electron chi connectivity index (χ2n) is 6.46. The maximum atomic E-state index is 12.8. The summed E-state index contributed by atoms with van der Waals surface area (Å²) in [5, 5.41) is 4.71. The van der Waals surface area contributed by atoms with Gasteiger partial charge in [0.1, 0.15) is 5.82 Å². The molecule has 136 valence electrons. The summed E-state index contributed by atoms with van der Waals surface area (Å²) in [5.41, 5.74) is 4.55. The predicted molar refractivity (Wildman–Crippen MR) is 102 cm³/mol. The average molecular weight is 374 g/mol. The first-order valence-electron chi connectivity index (χ1n) is 8.65. The van der Waals surface area contributed by atoms with Crippen molar-refractivity contribution in [1.29, 1.82) is 0 Å². The van der Waals surface area contributed by atoms with Crippen LogP contribution in [0.25, 0.3) is 0 Å². The van der Waals surface area contributed by atoms with Crippen molar-refractivity contribution in [3.63, 3.8) is 0 Å². The number of carbonyl (C=O) groups excluding carboxylic acids is 1. The molecule has 0 saturated carbocycles. The van der Waals surface area contributed by atoms with Crippen LogP contribution in [-0.4, -0.2) is 30.1 Å². The Hall–Kier alpha value is -2.24. The standard InChI is InChI=1S/C20H21ClFN3O/c21-18-5-1-16(2-6-18)14-25-11-9-17(10-12-25)20(26)24-23-13-15-3-7-19(22)8-4-15/h1-8,13,17H,9-12,14H2,(H,24,26). The molecule has 4 nitrogen and oxygen atoms in total. The molecule has 0 aliphatic carbocycles. The zero-order chi connectivity index (χ0) is 18.4. The van der Waals surface area contributed by atoms with Gasteiger partial charge >= 0.3 is 0 Å². The lowest BCUT2D eigenvalue weighted by molar-refractivity contribution is -0.126. The smallest absolute Gasteiger partial charge is 0.243 e. The number of likely N-dealkylation sites (tertiary alicyclic amines) is 1. The van der Waals surface area contributed by atoms with Crippen LogP contribution >= 0.6 is 11.6 Å². The van der Waals surface area contributed by atoms with Crippen molar-refractivity contribution in [2.75, 3.05) is 13.1 Å². The van der Waals surface area contributed by atoms with Gasteiger partial charge in [-0.2, -0.15) is 5.10 Å². The number of carbonyl (C=O) groups is 1. The molecule has 6 heteroatoms. The summed E-state index contributed by atoms with van der Waals surface area (Å²) in [6.07, 6.45) is 3.14. The molecule has 0 spiro atoms. The maximum absolute atomic E-state index is 12.8. The van der Waals surface area contributed by atoms with Gasteiger partial charge in [0, 0.05) is 17.5 Å². The van der Waals surface area contributed by atoms with Gasteiger partial charge in [-0.05, 0) is 61.3 Å². The number of amides is 1. The van der Waals surface area contributed by atoms with E-state index in [1.807, 2.05) is 24.3 Å². The minimum absolute atomic E-state index is 0.0261. The molecule has 1 fully saturated rings. The zero-order valence-electron chi connectivity index (χ0n) is 14.4. The van der Waals surface area contributed by atoms with Gasteiger partial charge in [0.2, 0.25) is 5.91 Å². The monoisotopic (exact) mass is 373 g/mol. The number of hydrogen-bond donors (Lipinski definition) is 1. The van der Waals surface area contributed by atoms with Crippen LogP contribution < -0.4 is 5.43 Å². The molecule has 0 atom stereocenters. The maximum Gasteiger partial charge on any atom is 0.243 e. The zero-order valence-corrected chi connectivity index (χ0v) is 15.1. The summed E-state index contributed by atoms with van der Waals surface area (Å²) in [5.74, 6) is -0.382. The van der Waals surface area contributed by atoms with E-state index in [1.165, 1.54) is 23.9 Å². The van der Waals surface area contributed by atoms with Crippen molar-refractivity contribution in [2.45, 2.75) is 19.4 Å². The van der Waals surface area contributed by atoms with Crippen LogP contribution in [-0.2, 0) is 11.3 Å². The molecule has 1 aliphatic rings. The number of halogens is 2. The minimum Gasteiger partial charge on any atom is -0.299 e. The van der Waals surface area contributed by atoms with Crippen molar-refractivity contribution in [3.05, 3.63) is 70.5 Å². The highest BCUT2D eigenvalue weighted by Gasteiger charge is 2.24. The van der Waals surface area contributed by atoms with E-state index in [-0.39, 0.29) is 17.6 Å². The topological polar surface area (TPSA) is 44.7 Å². The van der Waals surface area contributed by atoms with E-state index in [1.54, 1.807) is 12.1 Å². The predicted octanol–water partition coefficient (Wildman–Crippen LogP) is 3.84. The quantitative estimate of drug-likeness (QED) is 0.639. The number of piperidine rings is 1. The number of nitrogens with zero attached hydrogens (tertiary/aromatic N) is 2. The van der Waals surface area contributed by atoms with Crippen molar-refractivity contribution < 1.29 is 9.18 Å². The van der Waals surface area contributed by atoms with Gasteiger partial charge in [0.15, 0.2) is 0 Å². The van der Waals surface area contributed by atoms with Crippen LogP contribution in [0.4, 0.5) is 4.39 Å². The van der Waals surface area contributed by atoms with Gasteiger partial charge in [-0.25, -0.2) is 9.82 Å². The molecular weight excluding hydrogens is 353 g/mol.